The van der Waals surface area contributed by atoms with Crippen molar-refractivity contribution in [3.63, 3.8) is 0 Å². The number of hydrogen-bond donors (Lipinski definition) is 1. The molecule has 10 heteroatoms. The molecule has 27 heavy (non-hydrogen) atoms. The summed E-state index contributed by atoms with van der Waals surface area (Å²) in [5, 5.41) is 2.18. The minimum absolute atomic E-state index is 0.317. The molecular formula is C17H12ClF3N2O4. The van der Waals surface area contributed by atoms with E-state index in [2.05, 4.69) is 0 Å². The highest BCUT2D eigenvalue weighted by atomic mass is 35.5. The van der Waals surface area contributed by atoms with Gasteiger partial charge in [0.2, 0.25) is 11.8 Å². The summed E-state index contributed by atoms with van der Waals surface area (Å²) in [6.45, 7) is -0.563. The summed E-state index contributed by atoms with van der Waals surface area (Å²) in [6, 6.07) is 6.06. The SMILES string of the molecule is O=C1[C@H]2[C@@H](C(=O)N1c1ccc(Cl)cc1)[C@@]1(CNC(=O)C(F)(F)F)C=C[C@H]2O1. The first-order chi connectivity index (χ1) is 12.6. The quantitative estimate of drug-likeness (QED) is 0.620. The monoisotopic (exact) mass is 400 g/mol. The van der Waals surface area contributed by atoms with Crippen LogP contribution in [0.15, 0.2) is 36.4 Å². The van der Waals surface area contributed by atoms with Crippen molar-refractivity contribution >= 4 is 35.0 Å². The van der Waals surface area contributed by atoms with E-state index >= 15 is 0 Å². The Morgan fingerprint density at radius 3 is 2.52 bits per heavy atom. The molecular weight excluding hydrogens is 389 g/mol. The number of carbonyl (C=O) groups is 3. The molecule has 0 spiro atoms. The van der Waals surface area contributed by atoms with Gasteiger partial charge in [-0.1, -0.05) is 23.8 Å². The minimum atomic E-state index is -5.05. The summed E-state index contributed by atoms with van der Waals surface area (Å²) in [5.41, 5.74) is -1.16. The summed E-state index contributed by atoms with van der Waals surface area (Å²) in [7, 11) is 0. The number of hydrogen-bond acceptors (Lipinski definition) is 4. The van der Waals surface area contributed by atoms with Gasteiger partial charge in [0, 0.05) is 5.02 Å². The zero-order valence-corrected chi connectivity index (χ0v) is 14.3. The van der Waals surface area contributed by atoms with Crippen LogP contribution < -0.4 is 10.2 Å². The van der Waals surface area contributed by atoms with Gasteiger partial charge in [-0.25, -0.2) is 4.90 Å². The van der Waals surface area contributed by atoms with Crippen molar-refractivity contribution in [2.24, 2.45) is 11.8 Å². The number of carbonyl (C=O) groups excluding carboxylic acids is 3. The maximum Gasteiger partial charge on any atom is 0.471 e. The summed E-state index contributed by atoms with van der Waals surface area (Å²) in [5.74, 6) is -5.07. The number of halogens is 4. The summed E-state index contributed by atoms with van der Waals surface area (Å²) in [6.07, 6.45) is -2.79. The lowest BCUT2D eigenvalue weighted by atomic mass is 9.77. The number of ether oxygens (including phenoxy) is 1. The first-order valence-corrected chi connectivity index (χ1v) is 8.37. The Kier molecular flexibility index (Phi) is 3.87. The number of nitrogens with zero attached hydrogens (tertiary/aromatic N) is 1. The van der Waals surface area contributed by atoms with Gasteiger partial charge in [0.25, 0.3) is 0 Å². The normalized spacial score (nSPS) is 31.6. The Balaban J connectivity index is 1.62. The van der Waals surface area contributed by atoms with Gasteiger partial charge >= 0.3 is 12.1 Å². The Morgan fingerprint density at radius 2 is 1.89 bits per heavy atom. The molecule has 3 aliphatic rings. The highest BCUT2D eigenvalue weighted by Crippen LogP contribution is 2.52. The standard InChI is InChI=1S/C17H12ClF3N2O4/c18-8-1-3-9(4-2-8)23-13(24)11-10-5-6-16(27-10,12(11)14(23)25)7-22-15(26)17(19,20)21/h1-6,10-12H,7H2,(H,22,26)/t10-,11-,12+,16+/m1/s1. The van der Waals surface area contributed by atoms with Gasteiger partial charge in [-0.3, -0.25) is 14.4 Å². The molecule has 3 aliphatic heterocycles. The van der Waals surface area contributed by atoms with Crippen molar-refractivity contribution in [2.75, 3.05) is 11.4 Å². The number of rotatable bonds is 3. The summed E-state index contributed by atoms with van der Waals surface area (Å²) >= 11 is 5.82. The molecule has 4 rings (SSSR count). The third kappa shape index (κ3) is 2.64. The molecule has 0 aromatic heterocycles. The molecule has 2 saturated heterocycles. The van der Waals surface area contributed by atoms with Gasteiger partial charge in [-0.15, -0.1) is 0 Å². The average Bonchev–Trinajstić information content (AvgIpc) is 3.24. The van der Waals surface area contributed by atoms with E-state index in [1.54, 1.807) is 5.32 Å². The Labute approximate surface area is 155 Å². The van der Waals surface area contributed by atoms with Gasteiger partial charge < -0.3 is 10.1 Å². The van der Waals surface area contributed by atoms with Crippen LogP contribution in [0.3, 0.4) is 0 Å². The number of imide groups is 1. The molecule has 0 unspecified atom stereocenters. The van der Waals surface area contributed by atoms with Crippen LogP contribution in [-0.2, 0) is 19.1 Å². The number of anilines is 1. The predicted octanol–water partition coefficient (Wildman–Crippen LogP) is 1.83. The second-order valence-corrected chi connectivity index (χ2v) is 7.01. The molecule has 0 aliphatic carbocycles. The highest BCUT2D eigenvalue weighted by Gasteiger charge is 2.68. The van der Waals surface area contributed by atoms with Crippen molar-refractivity contribution in [3.8, 4) is 0 Å². The van der Waals surface area contributed by atoms with Crippen molar-refractivity contribution in [3.05, 3.63) is 41.4 Å². The van der Waals surface area contributed by atoms with Crippen LogP contribution in [0.5, 0.6) is 0 Å². The Bertz CT molecular complexity index is 870. The Hall–Kier alpha value is -2.39. The van der Waals surface area contributed by atoms with Gasteiger partial charge in [-0.05, 0) is 24.3 Å². The molecule has 2 bridgehead atoms. The van der Waals surface area contributed by atoms with Crippen LogP contribution in [0.2, 0.25) is 5.02 Å². The van der Waals surface area contributed by atoms with E-state index in [4.69, 9.17) is 16.3 Å². The summed E-state index contributed by atoms with van der Waals surface area (Å²) in [4.78, 5) is 37.9. The lowest BCUT2D eigenvalue weighted by Gasteiger charge is -2.29. The zero-order chi connectivity index (χ0) is 19.6. The van der Waals surface area contributed by atoms with Crippen molar-refractivity contribution in [1.29, 1.82) is 0 Å². The van der Waals surface area contributed by atoms with Crippen LogP contribution in [0.4, 0.5) is 18.9 Å². The number of benzene rings is 1. The van der Waals surface area contributed by atoms with E-state index in [1.807, 2.05) is 0 Å². The number of fused-ring (bicyclic) bond motifs is 5. The van der Waals surface area contributed by atoms with Crippen molar-refractivity contribution in [1.82, 2.24) is 5.32 Å². The number of nitrogens with one attached hydrogen (secondary N) is 1. The van der Waals surface area contributed by atoms with Gasteiger partial charge in [0.05, 0.1) is 30.2 Å². The van der Waals surface area contributed by atoms with E-state index < -0.39 is 54.0 Å². The van der Waals surface area contributed by atoms with Gasteiger partial charge in [0.1, 0.15) is 5.60 Å². The maximum absolute atomic E-state index is 12.9. The molecule has 0 radical (unpaired) electrons. The molecule has 1 aromatic rings. The second kappa shape index (κ2) is 5.80. The molecule has 3 heterocycles. The predicted molar refractivity (Wildman–Crippen MR) is 86.7 cm³/mol. The van der Waals surface area contributed by atoms with Crippen LogP contribution in [-0.4, -0.2) is 42.1 Å². The van der Waals surface area contributed by atoms with E-state index in [1.165, 1.54) is 36.4 Å². The number of alkyl halides is 3. The molecule has 6 nitrogen and oxygen atoms in total. The van der Waals surface area contributed by atoms with Crippen LogP contribution in [0, 0.1) is 11.8 Å². The lowest BCUT2D eigenvalue weighted by molar-refractivity contribution is -0.174. The fourth-order valence-electron chi connectivity index (χ4n) is 3.87. The molecule has 1 aromatic carbocycles. The van der Waals surface area contributed by atoms with Crippen LogP contribution in [0.25, 0.3) is 0 Å². The van der Waals surface area contributed by atoms with Crippen molar-refractivity contribution < 1.29 is 32.3 Å². The van der Waals surface area contributed by atoms with E-state index in [0.29, 0.717) is 10.7 Å². The summed E-state index contributed by atoms with van der Waals surface area (Å²) < 4.78 is 43.1. The smallest absolute Gasteiger partial charge is 0.360 e. The molecule has 142 valence electrons. The maximum atomic E-state index is 12.9. The Morgan fingerprint density at radius 1 is 1.22 bits per heavy atom. The lowest BCUT2D eigenvalue weighted by Crippen LogP contribution is -2.51. The first kappa shape index (κ1) is 18.0. The van der Waals surface area contributed by atoms with E-state index in [9.17, 15) is 27.6 Å². The van der Waals surface area contributed by atoms with E-state index in [0.717, 1.165) is 4.90 Å². The highest BCUT2D eigenvalue weighted by molar-refractivity contribution is 6.31. The average molecular weight is 401 g/mol. The first-order valence-electron chi connectivity index (χ1n) is 8.00. The fraction of sp³-hybridized carbons (Fsp3) is 0.353. The second-order valence-electron chi connectivity index (χ2n) is 6.57. The molecule has 4 atom stereocenters. The third-order valence-corrected chi connectivity index (χ3v) is 5.27. The largest absolute Gasteiger partial charge is 0.471 e. The molecule has 0 saturated carbocycles. The fourth-order valence-corrected chi connectivity index (χ4v) is 4.00. The molecule has 2 fully saturated rings. The zero-order valence-electron chi connectivity index (χ0n) is 13.5. The van der Waals surface area contributed by atoms with Crippen LogP contribution in [0.1, 0.15) is 0 Å². The topological polar surface area (TPSA) is 75.7 Å². The van der Waals surface area contributed by atoms with E-state index in [-0.39, 0.29) is 0 Å². The third-order valence-electron chi connectivity index (χ3n) is 5.02. The van der Waals surface area contributed by atoms with Gasteiger partial charge in [-0.2, -0.15) is 13.2 Å². The minimum Gasteiger partial charge on any atom is -0.360 e. The number of amides is 3. The molecule has 3 amide bonds. The van der Waals surface area contributed by atoms with Gasteiger partial charge in [0.15, 0.2) is 0 Å². The van der Waals surface area contributed by atoms with Crippen LogP contribution >= 0.6 is 11.6 Å². The van der Waals surface area contributed by atoms with Crippen molar-refractivity contribution in [2.45, 2.75) is 17.9 Å². The molecule has 1 N–H and O–H groups in total.